The van der Waals surface area contributed by atoms with Crippen LogP contribution in [0.1, 0.15) is 19.3 Å². The highest BCUT2D eigenvalue weighted by molar-refractivity contribution is 7.99. The maximum absolute atomic E-state index is 11.7. The summed E-state index contributed by atoms with van der Waals surface area (Å²) in [5.74, 6) is 1.28. The lowest BCUT2D eigenvalue weighted by molar-refractivity contribution is -0.158. The maximum Gasteiger partial charge on any atom is 0.234 e. The average Bonchev–Trinajstić information content (AvgIpc) is 2.49. The highest BCUT2D eigenvalue weighted by Gasteiger charge is 2.13. The lowest BCUT2D eigenvalue weighted by atomic mass is 10.2. The van der Waals surface area contributed by atoms with Gasteiger partial charge in [-0.1, -0.05) is 18.2 Å². The fraction of sp³-hybridized carbons (Fsp3) is 0.533. The van der Waals surface area contributed by atoms with Crippen molar-refractivity contribution in [3.8, 4) is 0 Å². The van der Waals surface area contributed by atoms with Crippen LogP contribution in [0.15, 0.2) is 30.3 Å². The molecule has 5 heteroatoms. The third-order valence-electron chi connectivity index (χ3n) is 2.96. The van der Waals surface area contributed by atoms with Crippen molar-refractivity contribution < 1.29 is 14.3 Å². The van der Waals surface area contributed by atoms with E-state index in [0.717, 1.165) is 30.9 Å². The Morgan fingerprint density at radius 2 is 2.20 bits per heavy atom. The summed E-state index contributed by atoms with van der Waals surface area (Å²) in [7, 11) is 0. The first-order valence-electron chi connectivity index (χ1n) is 7.00. The van der Waals surface area contributed by atoms with Crippen LogP contribution in [0.5, 0.6) is 0 Å². The number of hydrogen-bond donors (Lipinski definition) is 1. The normalized spacial score (nSPS) is 18.7. The number of carbonyl (C=O) groups excluding carboxylic acids is 1. The minimum Gasteiger partial charge on any atom is -0.353 e. The molecule has 1 heterocycles. The van der Waals surface area contributed by atoms with Crippen molar-refractivity contribution in [1.29, 1.82) is 0 Å². The molecule has 1 atom stereocenters. The van der Waals surface area contributed by atoms with E-state index in [1.165, 1.54) is 6.42 Å². The van der Waals surface area contributed by atoms with Gasteiger partial charge in [-0.25, -0.2) is 0 Å². The van der Waals surface area contributed by atoms with E-state index >= 15 is 0 Å². The van der Waals surface area contributed by atoms with Crippen molar-refractivity contribution in [2.45, 2.75) is 25.6 Å². The third-order valence-corrected chi connectivity index (χ3v) is 3.88. The molecular weight excluding hydrogens is 274 g/mol. The lowest BCUT2D eigenvalue weighted by Crippen LogP contribution is -2.23. The first-order valence-corrected chi connectivity index (χ1v) is 8.16. The molecule has 0 spiro atoms. The second kappa shape index (κ2) is 9.00. The molecule has 0 radical (unpaired) electrons. The quantitative estimate of drug-likeness (QED) is 0.786. The Bertz CT molecular complexity index is 393. The fourth-order valence-electron chi connectivity index (χ4n) is 1.96. The van der Waals surface area contributed by atoms with E-state index in [4.69, 9.17) is 9.47 Å². The van der Waals surface area contributed by atoms with Gasteiger partial charge < -0.3 is 14.8 Å². The van der Waals surface area contributed by atoms with Crippen LogP contribution in [-0.2, 0) is 14.3 Å². The molecule has 1 saturated heterocycles. The molecule has 20 heavy (non-hydrogen) atoms. The van der Waals surface area contributed by atoms with Crippen molar-refractivity contribution in [1.82, 2.24) is 0 Å². The molecule has 1 aliphatic heterocycles. The van der Waals surface area contributed by atoms with Crippen LogP contribution in [-0.4, -0.2) is 36.9 Å². The van der Waals surface area contributed by atoms with Gasteiger partial charge in [0.2, 0.25) is 5.91 Å². The van der Waals surface area contributed by atoms with E-state index < -0.39 is 0 Å². The molecule has 2 rings (SSSR count). The highest BCUT2D eigenvalue weighted by Crippen LogP contribution is 2.14. The van der Waals surface area contributed by atoms with Crippen molar-refractivity contribution in [2.75, 3.05) is 30.0 Å². The Morgan fingerprint density at radius 1 is 1.35 bits per heavy atom. The summed E-state index contributed by atoms with van der Waals surface area (Å²) in [6.45, 7) is 1.44. The van der Waals surface area contributed by atoms with Crippen LogP contribution in [0.25, 0.3) is 0 Å². The molecule has 1 aromatic rings. The fourth-order valence-corrected chi connectivity index (χ4v) is 2.58. The predicted molar refractivity (Wildman–Crippen MR) is 81.9 cm³/mol. The van der Waals surface area contributed by atoms with Crippen LogP contribution in [0, 0.1) is 0 Å². The highest BCUT2D eigenvalue weighted by atomic mass is 32.2. The van der Waals surface area contributed by atoms with Crippen molar-refractivity contribution in [3.05, 3.63) is 30.3 Å². The summed E-state index contributed by atoms with van der Waals surface area (Å²) in [6, 6.07) is 9.49. The van der Waals surface area contributed by atoms with Gasteiger partial charge in [0.15, 0.2) is 6.29 Å². The molecule has 1 unspecified atom stereocenters. The Morgan fingerprint density at radius 3 is 2.95 bits per heavy atom. The molecule has 0 bridgehead atoms. The Balaban J connectivity index is 1.51. The monoisotopic (exact) mass is 295 g/mol. The van der Waals surface area contributed by atoms with Crippen LogP contribution < -0.4 is 5.32 Å². The zero-order chi connectivity index (χ0) is 14.0. The van der Waals surface area contributed by atoms with Gasteiger partial charge in [0.25, 0.3) is 0 Å². The van der Waals surface area contributed by atoms with E-state index in [9.17, 15) is 4.79 Å². The van der Waals surface area contributed by atoms with Crippen LogP contribution in [0.4, 0.5) is 5.69 Å². The smallest absolute Gasteiger partial charge is 0.234 e. The molecule has 4 nitrogen and oxygen atoms in total. The van der Waals surface area contributed by atoms with Crippen LogP contribution >= 0.6 is 11.8 Å². The Labute approximate surface area is 124 Å². The standard InChI is InChI=1S/C15H21NO3S/c17-14(16-13-6-2-1-3-7-13)12-20-11-10-19-15-8-4-5-9-18-15/h1-3,6-7,15H,4-5,8-12H2,(H,16,17). The van der Waals surface area contributed by atoms with Gasteiger partial charge in [0, 0.05) is 18.0 Å². The van der Waals surface area contributed by atoms with Crippen molar-refractivity contribution in [3.63, 3.8) is 0 Å². The van der Waals surface area contributed by atoms with Crippen LogP contribution in [0.2, 0.25) is 0 Å². The van der Waals surface area contributed by atoms with Gasteiger partial charge in [0.1, 0.15) is 0 Å². The van der Waals surface area contributed by atoms with E-state index in [2.05, 4.69) is 5.32 Å². The molecule has 110 valence electrons. The first-order chi connectivity index (χ1) is 9.84. The molecule has 1 aliphatic rings. The number of para-hydroxylation sites is 1. The minimum absolute atomic E-state index is 0.0233. The summed E-state index contributed by atoms with van der Waals surface area (Å²) in [6.07, 6.45) is 3.26. The van der Waals surface area contributed by atoms with E-state index in [0.29, 0.717) is 12.4 Å². The summed E-state index contributed by atoms with van der Waals surface area (Å²) in [5.41, 5.74) is 0.838. The van der Waals surface area contributed by atoms with Crippen LogP contribution in [0.3, 0.4) is 0 Å². The van der Waals surface area contributed by atoms with Gasteiger partial charge in [-0.3, -0.25) is 4.79 Å². The molecule has 0 aliphatic carbocycles. The lowest BCUT2D eigenvalue weighted by Gasteiger charge is -2.22. The average molecular weight is 295 g/mol. The van der Waals surface area contributed by atoms with E-state index in [1.54, 1.807) is 11.8 Å². The van der Waals surface area contributed by atoms with Gasteiger partial charge in [0.05, 0.1) is 12.4 Å². The van der Waals surface area contributed by atoms with Gasteiger partial charge in [-0.2, -0.15) is 0 Å². The number of hydrogen-bond acceptors (Lipinski definition) is 4. The summed E-state index contributed by atoms with van der Waals surface area (Å²) in [5, 5.41) is 2.86. The Kier molecular flexibility index (Phi) is 6.91. The number of nitrogens with one attached hydrogen (secondary N) is 1. The van der Waals surface area contributed by atoms with Gasteiger partial charge in [-0.15, -0.1) is 11.8 Å². The summed E-state index contributed by atoms with van der Waals surface area (Å²) in [4.78, 5) is 11.7. The number of carbonyl (C=O) groups is 1. The van der Waals surface area contributed by atoms with Gasteiger partial charge >= 0.3 is 0 Å². The maximum atomic E-state index is 11.7. The first kappa shape index (κ1) is 15.4. The van der Waals surface area contributed by atoms with Gasteiger partial charge in [-0.05, 0) is 31.4 Å². The summed E-state index contributed by atoms with van der Waals surface area (Å²) >= 11 is 1.58. The zero-order valence-electron chi connectivity index (χ0n) is 11.5. The van der Waals surface area contributed by atoms with Crippen molar-refractivity contribution >= 4 is 23.4 Å². The molecule has 0 saturated carbocycles. The number of benzene rings is 1. The minimum atomic E-state index is -0.0394. The largest absolute Gasteiger partial charge is 0.353 e. The second-order valence-electron chi connectivity index (χ2n) is 4.63. The number of ether oxygens (including phenoxy) is 2. The number of amides is 1. The SMILES string of the molecule is O=C(CSCCOC1CCCCO1)Nc1ccccc1. The predicted octanol–water partition coefficient (Wildman–Crippen LogP) is 2.90. The molecule has 1 N–H and O–H groups in total. The van der Waals surface area contributed by atoms with E-state index in [1.807, 2.05) is 30.3 Å². The molecule has 1 fully saturated rings. The van der Waals surface area contributed by atoms with Crippen molar-refractivity contribution in [2.24, 2.45) is 0 Å². The third kappa shape index (κ3) is 5.94. The molecule has 1 amide bonds. The Hall–Kier alpha value is -1.04. The molecule has 1 aromatic carbocycles. The number of thioether (sulfide) groups is 1. The topological polar surface area (TPSA) is 47.6 Å². The molecular formula is C15H21NO3S. The zero-order valence-corrected chi connectivity index (χ0v) is 12.4. The van der Waals surface area contributed by atoms with E-state index in [-0.39, 0.29) is 12.2 Å². The summed E-state index contributed by atoms with van der Waals surface area (Å²) < 4.78 is 11.1. The number of rotatable bonds is 7. The second-order valence-corrected chi connectivity index (χ2v) is 5.74. The number of anilines is 1. The molecule has 0 aromatic heterocycles.